The first-order valence-corrected chi connectivity index (χ1v) is 7.08. The van der Waals surface area contributed by atoms with Crippen molar-refractivity contribution in [2.45, 2.75) is 5.92 Å². The van der Waals surface area contributed by atoms with Gasteiger partial charge < -0.3 is 4.74 Å². The molecule has 0 aliphatic carbocycles. The lowest BCUT2D eigenvalue weighted by Gasteiger charge is -2.10. The molecule has 4 rings (SSSR count). The monoisotopic (exact) mass is 274 g/mol. The van der Waals surface area contributed by atoms with Crippen LogP contribution in [0.1, 0.15) is 21.8 Å². The number of benzene rings is 3. The molecule has 0 spiro atoms. The Labute approximate surface area is 123 Å². The summed E-state index contributed by atoms with van der Waals surface area (Å²) in [6, 6.07) is 21.7. The van der Waals surface area contributed by atoms with Crippen LogP contribution in [0.2, 0.25) is 0 Å². The van der Waals surface area contributed by atoms with Crippen molar-refractivity contribution in [2.75, 3.05) is 6.61 Å². The maximum Gasteiger partial charge on any atom is 0.174 e. The van der Waals surface area contributed by atoms with E-state index in [0.29, 0.717) is 6.61 Å². The summed E-state index contributed by atoms with van der Waals surface area (Å²) in [6.45, 7) is 0.432. The second kappa shape index (κ2) is 4.74. The summed E-state index contributed by atoms with van der Waals surface area (Å²) in [6.07, 6.45) is 0. The van der Waals surface area contributed by atoms with E-state index in [4.69, 9.17) is 4.74 Å². The zero-order chi connectivity index (χ0) is 14.2. The first-order chi connectivity index (χ1) is 10.3. The Morgan fingerprint density at radius 1 is 0.905 bits per heavy atom. The summed E-state index contributed by atoms with van der Waals surface area (Å²) in [5, 5.41) is 2.10. The number of rotatable bonds is 2. The minimum atomic E-state index is -0.202. The molecule has 102 valence electrons. The lowest BCUT2D eigenvalue weighted by Crippen LogP contribution is -2.14. The van der Waals surface area contributed by atoms with Crippen molar-refractivity contribution in [1.29, 1.82) is 0 Å². The smallest absolute Gasteiger partial charge is 0.174 e. The van der Waals surface area contributed by atoms with Gasteiger partial charge in [-0.25, -0.2) is 0 Å². The summed E-state index contributed by atoms with van der Waals surface area (Å²) >= 11 is 0. The van der Waals surface area contributed by atoms with Crippen LogP contribution in [0.25, 0.3) is 10.8 Å². The van der Waals surface area contributed by atoms with Crippen LogP contribution in [-0.2, 0) is 0 Å². The fourth-order valence-electron chi connectivity index (χ4n) is 3.01. The van der Waals surface area contributed by atoms with Gasteiger partial charge in [-0.2, -0.15) is 0 Å². The SMILES string of the molecule is O=C(c1cccc2ccccc12)C1COc2ccccc21. The van der Waals surface area contributed by atoms with Gasteiger partial charge in [0.1, 0.15) is 12.4 Å². The van der Waals surface area contributed by atoms with Crippen molar-refractivity contribution in [3.05, 3.63) is 77.9 Å². The van der Waals surface area contributed by atoms with E-state index in [0.717, 1.165) is 27.6 Å². The molecule has 0 fully saturated rings. The molecule has 0 bridgehead atoms. The molecule has 1 atom stereocenters. The van der Waals surface area contributed by atoms with Gasteiger partial charge in [-0.15, -0.1) is 0 Å². The zero-order valence-corrected chi connectivity index (χ0v) is 11.5. The molecule has 0 saturated carbocycles. The first kappa shape index (κ1) is 12.2. The highest BCUT2D eigenvalue weighted by atomic mass is 16.5. The predicted molar refractivity (Wildman–Crippen MR) is 83.0 cm³/mol. The van der Waals surface area contributed by atoms with Gasteiger partial charge in [-0.05, 0) is 16.8 Å². The van der Waals surface area contributed by atoms with Crippen molar-refractivity contribution in [2.24, 2.45) is 0 Å². The molecule has 1 unspecified atom stereocenters. The van der Waals surface area contributed by atoms with Crippen LogP contribution in [0.15, 0.2) is 66.7 Å². The summed E-state index contributed by atoms with van der Waals surface area (Å²) in [7, 11) is 0. The summed E-state index contributed by atoms with van der Waals surface area (Å²) < 4.78 is 5.64. The lowest BCUT2D eigenvalue weighted by atomic mass is 9.90. The Balaban J connectivity index is 1.82. The minimum Gasteiger partial charge on any atom is -0.492 e. The number of ether oxygens (including phenoxy) is 1. The van der Waals surface area contributed by atoms with Gasteiger partial charge in [-0.3, -0.25) is 4.79 Å². The Bertz CT molecular complexity index is 830. The number of carbonyl (C=O) groups is 1. The summed E-state index contributed by atoms with van der Waals surface area (Å²) in [5.41, 5.74) is 1.77. The number of para-hydroxylation sites is 1. The number of hydrogen-bond donors (Lipinski definition) is 0. The average Bonchev–Trinajstić information content (AvgIpc) is 2.98. The second-order valence-electron chi connectivity index (χ2n) is 5.29. The maximum atomic E-state index is 12.9. The van der Waals surface area contributed by atoms with E-state index in [9.17, 15) is 4.79 Å². The highest BCUT2D eigenvalue weighted by molar-refractivity contribution is 6.11. The molecule has 2 heteroatoms. The molecule has 0 amide bonds. The Hall–Kier alpha value is -2.61. The van der Waals surface area contributed by atoms with Gasteiger partial charge in [0.25, 0.3) is 0 Å². The third kappa shape index (κ3) is 1.91. The van der Waals surface area contributed by atoms with E-state index in [-0.39, 0.29) is 11.7 Å². The van der Waals surface area contributed by atoms with Crippen LogP contribution in [0, 0.1) is 0 Å². The van der Waals surface area contributed by atoms with E-state index < -0.39 is 0 Å². The first-order valence-electron chi connectivity index (χ1n) is 7.08. The van der Waals surface area contributed by atoms with Crippen molar-refractivity contribution in [1.82, 2.24) is 0 Å². The maximum absolute atomic E-state index is 12.9. The molecule has 0 aromatic heterocycles. The van der Waals surface area contributed by atoms with Crippen LogP contribution >= 0.6 is 0 Å². The molecule has 0 radical (unpaired) electrons. The van der Waals surface area contributed by atoms with E-state index in [1.54, 1.807) is 0 Å². The van der Waals surface area contributed by atoms with Crippen LogP contribution < -0.4 is 4.74 Å². The van der Waals surface area contributed by atoms with Gasteiger partial charge in [0.05, 0.1) is 5.92 Å². The van der Waals surface area contributed by atoms with E-state index >= 15 is 0 Å². The summed E-state index contributed by atoms with van der Waals surface area (Å²) in [5.74, 6) is 0.764. The largest absolute Gasteiger partial charge is 0.492 e. The molecule has 1 heterocycles. The van der Waals surface area contributed by atoms with Crippen molar-refractivity contribution in [3.63, 3.8) is 0 Å². The van der Waals surface area contributed by atoms with Crippen molar-refractivity contribution in [3.8, 4) is 5.75 Å². The molecular weight excluding hydrogens is 260 g/mol. The van der Waals surface area contributed by atoms with Crippen molar-refractivity contribution >= 4 is 16.6 Å². The van der Waals surface area contributed by atoms with E-state index in [1.165, 1.54) is 0 Å². The Morgan fingerprint density at radius 2 is 1.67 bits per heavy atom. The second-order valence-corrected chi connectivity index (χ2v) is 5.29. The fraction of sp³-hybridized carbons (Fsp3) is 0.105. The lowest BCUT2D eigenvalue weighted by molar-refractivity contribution is 0.0949. The van der Waals surface area contributed by atoms with Crippen LogP contribution in [-0.4, -0.2) is 12.4 Å². The zero-order valence-electron chi connectivity index (χ0n) is 11.5. The topological polar surface area (TPSA) is 26.3 Å². The highest BCUT2D eigenvalue weighted by Gasteiger charge is 2.31. The van der Waals surface area contributed by atoms with E-state index in [1.807, 2.05) is 66.7 Å². The summed E-state index contributed by atoms with van der Waals surface area (Å²) in [4.78, 5) is 12.9. The van der Waals surface area contributed by atoms with Gasteiger partial charge in [-0.1, -0.05) is 60.7 Å². The third-order valence-corrected chi connectivity index (χ3v) is 4.07. The minimum absolute atomic E-state index is 0.136. The van der Waals surface area contributed by atoms with Gasteiger partial charge in [0.2, 0.25) is 0 Å². The number of carbonyl (C=O) groups excluding carboxylic acids is 1. The number of hydrogen-bond acceptors (Lipinski definition) is 2. The molecule has 1 aliphatic heterocycles. The molecule has 2 nitrogen and oxygen atoms in total. The van der Waals surface area contributed by atoms with E-state index in [2.05, 4.69) is 0 Å². The molecule has 1 aliphatic rings. The predicted octanol–water partition coefficient (Wildman–Crippen LogP) is 4.20. The molecule has 21 heavy (non-hydrogen) atoms. The average molecular weight is 274 g/mol. The highest BCUT2D eigenvalue weighted by Crippen LogP contribution is 2.36. The Kier molecular flexibility index (Phi) is 2.74. The molecule has 0 saturated heterocycles. The van der Waals surface area contributed by atoms with Crippen molar-refractivity contribution < 1.29 is 9.53 Å². The molecule has 3 aromatic rings. The normalized spacial score (nSPS) is 16.5. The third-order valence-electron chi connectivity index (χ3n) is 4.07. The van der Waals surface area contributed by atoms with Crippen LogP contribution in [0.4, 0.5) is 0 Å². The fourth-order valence-corrected chi connectivity index (χ4v) is 3.01. The Morgan fingerprint density at radius 3 is 2.62 bits per heavy atom. The molecular formula is C19H14O2. The van der Waals surface area contributed by atoms with Crippen LogP contribution in [0.5, 0.6) is 5.75 Å². The number of Topliss-reactive ketones (excluding diaryl/α,β-unsaturated/α-hetero) is 1. The van der Waals surface area contributed by atoms with Gasteiger partial charge >= 0.3 is 0 Å². The molecule has 0 N–H and O–H groups in total. The number of ketones is 1. The van der Waals surface area contributed by atoms with Gasteiger partial charge in [0, 0.05) is 11.1 Å². The molecule has 3 aromatic carbocycles. The van der Waals surface area contributed by atoms with Gasteiger partial charge in [0.15, 0.2) is 5.78 Å². The van der Waals surface area contributed by atoms with Crippen LogP contribution in [0.3, 0.4) is 0 Å². The standard InChI is InChI=1S/C19H14O2/c20-19(17-12-21-18-11-4-3-9-15(17)18)16-10-5-7-13-6-1-2-8-14(13)16/h1-11,17H,12H2. The number of fused-ring (bicyclic) bond motifs is 2. The quantitative estimate of drug-likeness (QED) is 0.655.